The van der Waals surface area contributed by atoms with Crippen molar-refractivity contribution in [3.05, 3.63) is 70.8 Å². The molecule has 10 rings (SSSR count). The second kappa shape index (κ2) is 19.2. The van der Waals surface area contributed by atoms with Gasteiger partial charge < -0.3 is 57.2 Å². The molecule has 0 amide bonds. The van der Waals surface area contributed by atoms with Gasteiger partial charge in [0.05, 0.1) is 128 Å². The maximum absolute atomic E-state index is 5.79. The van der Waals surface area contributed by atoms with Crippen molar-refractivity contribution in [2.75, 3.05) is 79.3 Å². The highest BCUT2D eigenvalue weighted by Crippen LogP contribution is 2.23. The van der Waals surface area contributed by atoms with E-state index in [-0.39, 0.29) is 0 Å². The lowest BCUT2D eigenvalue weighted by Gasteiger charge is -2.11. The van der Waals surface area contributed by atoms with Gasteiger partial charge >= 0.3 is 0 Å². The zero-order valence-corrected chi connectivity index (χ0v) is 28.9. The molecule has 16 nitrogen and oxygen atoms in total. The zero-order chi connectivity index (χ0) is 35.2. The third kappa shape index (κ3) is 10.5. The van der Waals surface area contributed by atoms with Gasteiger partial charge in [0.1, 0.15) is 0 Å². The average molecular weight is 725 g/mol. The first-order valence-corrected chi connectivity index (χ1v) is 17.7. The van der Waals surface area contributed by atoms with E-state index in [0.717, 1.165) is 45.1 Å². The summed E-state index contributed by atoms with van der Waals surface area (Å²) in [6, 6.07) is 15.9. The first-order chi connectivity index (χ1) is 25.8. The predicted octanol–water partition coefficient (Wildman–Crippen LogP) is 3.34. The standard InChI is InChI=1S/C36H44N4O12/c1-2-26-4-3-25(1)29-21-33(49-37-29)45-17-13-41-9-10-43-15-19-47-35-23-31(39-51-35)27-5-7-28(8-6-27)32-24-36(52-40-32)48-20-16-44-12-11-42-14-18-46-34-22-30(26)38-50-34/h1-8,33-36H,9-24H2/t33-,34-,35+,36+. The predicted molar refractivity (Wildman–Crippen MR) is 184 cm³/mol. The Hall–Kier alpha value is -4.00. The molecule has 0 N–H and O–H groups in total. The molecule has 2 aromatic carbocycles. The Balaban J connectivity index is 0.844. The molecule has 8 heterocycles. The second-order valence-electron chi connectivity index (χ2n) is 12.2. The van der Waals surface area contributed by atoms with Crippen LogP contribution in [0.25, 0.3) is 0 Å². The van der Waals surface area contributed by atoms with Gasteiger partial charge in [-0.05, 0) is 22.3 Å². The molecule has 0 unspecified atom stereocenters. The van der Waals surface area contributed by atoms with Crippen LogP contribution in [0, 0.1) is 0 Å². The smallest absolute Gasteiger partial charge is 0.232 e. The van der Waals surface area contributed by atoms with Crippen LogP contribution in [0.4, 0.5) is 0 Å². The second-order valence-corrected chi connectivity index (χ2v) is 12.2. The normalized spacial score (nSPS) is 27.2. The minimum absolute atomic E-state index is 0.377. The average Bonchev–Trinajstić information content (AvgIpc) is 4.01. The van der Waals surface area contributed by atoms with Gasteiger partial charge in [-0.25, -0.2) is 0 Å². The Morgan fingerprint density at radius 3 is 0.750 bits per heavy atom. The summed E-state index contributed by atoms with van der Waals surface area (Å²) in [4.78, 5) is 21.9. The minimum Gasteiger partial charge on any atom is -0.377 e. The van der Waals surface area contributed by atoms with E-state index in [2.05, 4.69) is 20.6 Å². The van der Waals surface area contributed by atoms with Crippen molar-refractivity contribution >= 4 is 22.8 Å². The molecule has 8 aliphatic heterocycles. The fraction of sp³-hybridized carbons (Fsp3) is 0.556. The number of nitrogens with zero attached hydrogens (tertiary/aromatic N) is 4. The summed E-state index contributed by atoms with van der Waals surface area (Å²) in [5.74, 6) is 0. The molecule has 280 valence electrons. The van der Waals surface area contributed by atoms with Crippen LogP contribution in [0.15, 0.2) is 69.2 Å². The van der Waals surface area contributed by atoms with Crippen molar-refractivity contribution in [1.82, 2.24) is 0 Å². The van der Waals surface area contributed by atoms with E-state index in [1.54, 1.807) is 0 Å². The van der Waals surface area contributed by atoms with Crippen LogP contribution in [0.1, 0.15) is 47.9 Å². The van der Waals surface area contributed by atoms with Gasteiger partial charge in [-0.2, -0.15) is 0 Å². The maximum atomic E-state index is 5.79. The monoisotopic (exact) mass is 724 g/mol. The zero-order valence-electron chi connectivity index (χ0n) is 28.9. The highest BCUT2D eigenvalue weighted by Gasteiger charge is 2.27. The summed E-state index contributed by atoms with van der Waals surface area (Å²) in [7, 11) is 0. The van der Waals surface area contributed by atoms with Crippen molar-refractivity contribution in [3.8, 4) is 0 Å². The molecule has 12 bridgehead atoms. The van der Waals surface area contributed by atoms with Gasteiger partial charge in [0.2, 0.25) is 25.2 Å². The maximum Gasteiger partial charge on any atom is 0.232 e. The van der Waals surface area contributed by atoms with Gasteiger partial charge in [0.25, 0.3) is 0 Å². The number of hydrogen-bond acceptors (Lipinski definition) is 16. The Bertz CT molecular complexity index is 1320. The minimum atomic E-state index is -0.454. The van der Waals surface area contributed by atoms with Crippen LogP contribution in [-0.2, 0) is 57.2 Å². The van der Waals surface area contributed by atoms with E-state index in [1.165, 1.54) is 0 Å². The van der Waals surface area contributed by atoms with Gasteiger partial charge in [0.15, 0.2) is 0 Å². The SMILES string of the molecule is c1cc2ccc1C1=NO[C@H](C1)OCCOCCOCCO[C@@H]1CC(=NO1)c1ccc(cc1)C1=NO[C@@H](C1)OCCOCCOCCO[C@H]1CC2=NO1. The Kier molecular flexibility index (Phi) is 13.4. The van der Waals surface area contributed by atoms with Crippen LogP contribution < -0.4 is 0 Å². The Morgan fingerprint density at radius 2 is 0.519 bits per heavy atom. The van der Waals surface area contributed by atoms with Crippen LogP contribution in [0.2, 0.25) is 0 Å². The molecule has 8 aliphatic rings. The summed E-state index contributed by atoms with van der Waals surface area (Å²) in [5, 5.41) is 16.9. The Morgan fingerprint density at radius 1 is 0.308 bits per heavy atom. The molecule has 0 saturated heterocycles. The van der Waals surface area contributed by atoms with E-state index >= 15 is 0 Å². The van der Waals surface area contributed by atoms with Crippen LogP contribution in [-0.4, -0.2) is 127 Å². The molecule has 52 heavy (non-hydrogen) atoms. The first-order valence-electron chi connectivity index (χ1n) is 17.7. The van der Waals surface area contributed by atoms with Crippen molar-refractivity contribution in [2.24, 2.45) is 20.6 Å². The molecule has 0 saturated carbocycles. The summed E-state index contributed by atoms with van der Waals surface area (Å²) >= 11 is 0. The fourth-order valence-electron chi connectivity index (χ4n) is 5.77. The summed E-state index contributed by atoms with van der Waals surface area (Å²) in [6.45, 7) is 4.89. The molecular formula is C36H44N4O12. The van der Waals surface area contributed by atoms with Gasteiger partial charge in [-0.3, -0.25) is 0 Å². The van der Waals surface area contributed by atoms with Gasteiger partial charge in [-0.1, -0.05) is 69.2 Å². The lowest BCUT2D eigenvalue weighted by atomic mass is 10.0. The molecule has 4 atom stereocenters. The highest BCUT2D eigenvalue weighted by molar-refractivity contribution is 6.05. The topological polar surface area (TPSA) is 160 Å². The number of ether oxygens (including phenoxy) is 8. The van der Waals surface area contributed by atoms with Gasteiger partial charge in [-0.15, -0.1) is 0 Å². The molecule has 0 radical (unpaired) electrons. The third-order valence-electron chi connectivity index (χ3n) is 8.53. The van der Waals surface area contributed by atoms with Crippen LogP contribution in [0.3, 0.4) is 0 Å². The van der Waals surface area contributed by atoms with E-state index in [1.807, 2.05) is 48.5 Å². The lowest BCUT2D eigenvalue weighted by molar-refractivity contribution is -0.139. The highest BCUT2D eigenvalue weighted by atomic mass is 16.8. The quantitative estimate of drug-likeness (QED) is 0.391. The molecule has 0 aromatic heterocycles. The van der Waals surface area contributed by atoms with Crippen molar-refractivity contribution < 1.29 is 57.2 Å². The fourth-order valence-corrected chi connectivity index (χ4v) is 5.77. The first kappa shape index (κ1) is 36.4. The van der Waals surface area contributed by atoms with Crippen molar-refractivity contribution in [1.29, 1.82) is 0 Å². The van der Waals surface area contributed by atoms with E-state index in [4.69, 9.17) is 57.2 Å². The van der Waals surface area contributed by atoms with Crippen molar-refractivity contribution in [2.45, 2.75) is 50.8 Å². The van der Waals surface area contributed by atoms with E-state index < -0.39 is 25.2 Å². The largest absolute Gasteiger partial charge is 0.377 e. The van der Waals surface area contributed by atoms with E-state index in [9.17, 15) is 0 Å². The molecule has 0 fully saturated rings. The summed E-state index contributed by atoms with van der Waals surface area (Å²) in [6.07, 6.45) is 0.354. The Labute approximate surface area is 301 Å². The molecule has 2 aromatic rings. The molecule has 0 aliphatic carbocycles. The van der Waals surface area contributed by atoms with Crippen LogP contribution >= 0.6 is 0 Å². The molecular weight excluding hydrogens is 680 g/mol. The van der Waals surface area contributed by atoms with Crippen LogP contribution in [0.5, 0.6) is 0 Å². The molecule has 16 heteroatoms. The lowest BCUT2D eigenvalue weighted by Crippen LogP contribution is -2.19. The molecule has 0 spiro atoms. The number of oxime groups is 4. The summed E-state index contributed by atoms with van der Waals surface area (Å²) in [5.41, 5.74) is 7.09. The van der Waals surface area contributed by atoms with E-state index in [0.29, 0.717) is 105 Å². The van der Waals surface area contributed by atoms with Gasteiger partial charge in [0, 0.05) is 0 Å². The third-order valence-corrected chi connectivity index (χ3v) is 8.53. The number of benzene rings is 2. The van der Waals surface area contributed by atoms with Crippen molar-refractivity contribution in [3.63, 3.8) is 0 Å². The summed E-state index contributed by atoms with van der Waals surface area (Å²) < 4.78 is 45.7. The number of rotatable bonds is 0. The number of hydrogen-bond donors (Lipinski definition) is 0.